The molecule has 1 aromatic carbocycles. The van der Waals surface area contributed by atoms with E-state index in [1.54, 1.807) is 19.9 Å². The third-order valence-electron chi connectivity index (χ3n) is 4.93. The Balaban J connectivity index is 2.16. The van der Waals surface area contributed by atoms with Gasteiger partial charge in [0, 0.05) is 42.3 Å². The lowest BCUT2D eigenvalue weighted by atomic mass is 9.76. The molecule has 0 amide bonds. The maximum atomic E-state index is 12.9. The van der Waals surface area contributed by atoms with Crippen molar-refractivity contribution in [3.63, 3.8) is 0 Å². The number of hydrogen-bond donors (Lipinski definition) is 0. The van der Waals surface area contributed by atoms with Gasteiger partial charge in [-0.05, 0) is 45.0 Å². The molecule has 154 valence electrons. The van der Waals surface area contributed by atoms with Crippen LogP contribution in [0.1, 0.15) is 36.6 Å². The van der Waals surface area contributed by atoms with E-state index >= 15 is 0 Å². The number of carbonyl (C=O) groups is 1. The molecule has 0 bridgehead atoms. The molecule has 0 spiro atoms. The number of non-ortho nitro benzene ring substituents is 1. The van der Waals surface area contributed by atoms with Crippen LogP contribution < -0.4 is 0 Å². The summed E-state index contributed by atoms with van der Waals surface area (Å²) in [7, 11) is 3.97. The van der Waals surface area contributed by atoms with Gasteiger partial charge in [-0.2, -0.15) is 4.37 Å². The Labute approximate surface area is 173 Å². The zero-order valence-electron chi connectivity index (χ0n) is 16.9. The molecule has 1 aliphatic rings. The molecule has 0 aliphatic carbocycles. The molecular formula is C20H24N4O4S. The van der Waals surface area contributed by atoms with Crippen molar-refractivity contribution < 1.29 is 14.5 Å². The van der Waals surface area contributed by atoms with Crippen LogP contribution in [0, 0.1) is 16.0 Å². The standard InChI is InChI=1S/C20H24N4O4S/c1-5-28-20(25)16-12(2)21-19-18(15(22-29-19)9-10-23(3)4)17(16)13-7-6-8-14(11-13)24(26)27/h6-8,11,16-17H,5,9-10H2,1-4H3. The lowest BCUT2D eigenvalue weighted by Crippen LogP contribution is -2.33. The fraction of sp³-hybridized carbons (Fsp3) is 0.450. The van der Waals surface area contributed by atoms with E-state index in [0.29, 0.717) is 17.7 Å². The smallest absolute Gasteiger partial charge is 0.315 e. The van der Waals surface area contributed by atoms with Gasteiger partial charge in [0.1, 0.15) is 10.9 Å². The molecule has 0 saturated heterocycles. The number of benzene rings is 1. The second kappa shape index (κ2) is 8.79. The number of esters is 1. The average Bonchev–Trinajstić information content (AvgIpc) is 3.07. The van der Waals surface area contributed by atoms with E-state index in [4.69, 9.17) is 4.74 Å². The van der Waals surface area contributed by atoms with Crippen LogP contribution in [0.3, 0.4) is 0 Å². The lowest BCUT2D eigenvalue weighted by Gasteiger charge is -2.30. The Morgan fingerprint density at radius 1 is 1.38 bits per heavy atom. The van der Waals surface area contributed by atoms with E-state index in [1.807, 2.05) is 20.2 Å². The molecule has 2 atom stereocenters. The van der Waals surface area contributed by atoms with Gasteiger partial charge in [0.15, 0.2) is 0 Å². The highest BCUT2D eigenvalue weighted by Crippen LogP contribution is 2.47. The summed E-state index contributed by atoms with van der Waals surface area (Å²) in [6.07, 6.45) is 0.703. The average molecular weight is 417 g/mol. The highest BCUT2D eigenvalue weighted by Gasteiger charge is 2.41. The largest absolute Gasteiger partial charge is 0.465 e. The van der Waals surface area contributed by atoms with E-state index < -0.39 is 16.8 Å². The van der Waals surface area contributed by atoms with Gasteiger partial charge in [-0.25, -0.2) is 4.99 Å². The Morgan fingerprint density at radius 2 is 2.14 bits per heavy atom. The summed E-state index contributed by atoms with van der Waals surface area (Å²) in [4.78, 5) is 30.5. The maximum absolute atomic E-state index is 12.9. The molecule has 9 heteroatoms. The second-order valence-electron chi connectivity index (χ2n) is 7.21. The van der Waals surface area contributed by atoms with Crippen LogP contribution in [0.25, 0.3) is 0 Å². The van der Waals surface area contributed by atoms with Crippen LogP contribution in [0.4, 0.5) is 10.7 Å². The van der Waals surface area contributed by atoms with Gasteiger partial charge < -0.3 is 9.64 Å². The molecule has 2 aromatic rings. The number of aliphatic imine (C=N–C) groups is 1. The molecule has 0 N–H and O–H groups in total. The van der Waals surface area contributed by atoms with Gasteiger partial charge in [-0.3, -0.25) is 14.9 Å². The molecule has 0 radical (unpaired) electrons. The predicted molar refractivity (Wildman–Crippen MR) is 112 cm³/mol. The molecule has 3 rings (SSSR count). The monoisotopic (exact) mass is 416 g/mol. The molecule has 2 unspecified atom stereocenters. The number of nitro benzene ring substituents is 1. The van der Waals surface area contributed by atoms with E-state index in [9.17, 15) is 14.9 Å². The number of likely N-dealkylation sites (N-methyl/N-ethyl adjacent to an activating group) is 1. The van der Waals surface area contributed by atoms with Gasteiger partial charge in [-0.15, -0.1) is 0 Å². The summed E-state index contributed by atoms with van der Waals surface area (Å²) >= 11 is 1.30. The van der Waals surface area contributed by atoms with Crippen LogP contribution in [0.15, 0.2) is 29.3 Å². The van der Waals surface area contributed by atoms with Crippen molar-refractivity contribution in [2.24, 2.45) is 10.9 Å². The van der Waals surface area contributed by atoms with Crippen LogP contribution in [-0.4, -0.2) is 53.1 Å². The number of nitrogens with zero attached hydrogens (tertiary/aromatic N) is 4. The minimum Gasteiger partial charge on any atom is -0.465 e. The van der Waals surface area contributed by atoms with Crippen molar-refractivity contribution in [2.45, 2.75) is 26.2 Å². The van der Waals surface area contributed by atoms with Gasteiger partial charge in [0.25, 0.3) is 5.69 Å². The van der Waals surface area contributed by atoms with E-state index in [2.05, 4.69) is 14.3 Å². The zero-order valence-corrected chi connectivity index (χ0v) is 17.7. The first kappa shape index (κ1) is 21.1. The molecule has 8 nitrogen and oxygen atoms in total. The number of ether oxygens (including phenoxy) is 1. The van der Waals surface area contributed by atoms with Crippen molar-refractivity contribution in [2.75, 3.05) is 27.2 Å². The first-order valence-electron chi connectivity index (χ1n) is 9.42. The Morgan fingerprint density at radius 3 is 2.79 bits per heavy atom. The summed E-state index contributed by atoms with van der Waals surface area (Å²) in [5.41, 5.74) is 3.07. The van der Waals surface area contributed by atoms with Crippen molar-refractivity contribution >= 4 is 33.9 Å². The third-order valence-corrected chi connectivity index (χ3v) is 5.73. The summed E-state index contributed by atoms with van der Waals surface area (Å²) in [5.74, 6) is -1.43. The number of carbonyl (C=O) groups excluding carboxylic acids is 1. The summed E-state index contributed by atoms with van der Waals surface area (Å²) in [5, 5.41) is 12.1. The van der Waals surface area contributed by atoms with Crippen LogP contribution >= 0.6 is 11.5 Å². The van der Waals surface area contributed by atoms with Gasteiger partial charge in [0.05, 0.1) is 17.2 Å². The van der Waals surface area contributed by atoms with Crippen LogP contribution in [0.2, 0.25) is 0 Å². The predicted octanol–water partition coefficient (Wildman–Crippen LogP) is 3.57. The van der Waals surface area contributed by atoms with Crippen molar-refractivity contribution in [1.29, 1.82) is 0 Å². The van der Waals surface area contributed by atoms with Gasteiger partial charge in [-0.1, -0.05) is 12.1 Å². The molecule has 29 heavy (non-hydrogen) atoms. The number of aromatic nitrogens is 1. The van der Waals surface area contributed by atoms with Gasteiger partial charge in [0.2, 0.25) is 0 Å². The molecular weight excluding hydrogens is 392 g/mol. The second-order valence-corrected chi connectivity index (χ2v) is 7.97. The van der Waals surface area contributed by atoms with E-state index in [0.717, 1.165) is 22.8 Å². The minimum absolute atomic E-state index is 0.00939. The lowest BCUT2D eigenvalue weighted by molar-refractivity contribution is -0.384. The molecule has 0 saturated carbocycles. The minimum atomic E-state index is -0.640. The van der Waals surface area contributed by atoms with E-state index in [1.165, 1.54) is 23.7 Å². The quantitative estimate of drug-likeness (QED) is 0.389. The van der Waals surface area contributed by atoms with Crippen molar-refractivity contribution in [3.05, 3.63) is 51.2 Å². The Kier molecular flexibility index (Phi) is 6.39. The Bertz CT molecular complexity index is 954. The number of rotatable bonds is 7. The van der Waals surface area contributed by atoms with Gasteiger partial charge >= 0.3 is 5.97 Å². The summed E-state index contributed by atoms with van der Waals surface area (Å²) in [6.45, 7) is 4.61. The first-order valence-corrected chi connectivity index (χ1v) is 10.2. The molecule has 2 heterocycles. The number of hydrogen-bond acceptors (Lipinski definition) is 8. The van der Waals surface area contributed by atoms with Crippen molar-refractivity contribution in [3.8, 4) is 0 Å². The summed E-state index contributed by atoms with van der Waals surface area (Å²) < 4.78 is 9.93. The van der Waals surface area contributed by atoms with Crippen molar-refractivity contribution in [1.82, 2.24) is 9.27 Å². The fourth-order valence-electron chi connectivity index (χ4n) is 3.59. The zero-order chi connectivity index (χ0) is 21.1. The number of fused-ring (bicyclic) bond motifs is 1. The number of nitro groups is 1. The van der Waals surface area contributed by atoms with E-state index in [-0.39, 0.29) is 18.3 Å². The highest BCUT2D eigenvalue weighted by molar-refractivity contribution is 7.10. The fourth-order valence-corrected chi connectivity index (χ4v) is 4.50. The SMILES string of the molecule is CCOC(=O)C1C(C)=Nc2snc(CCN(C)C)c2C1c1cccc([N+](=O)[O-])c1. The highest BCUT2D eigenvalue weighted by atomic mass is 32.1. The van der Waals surface area contributed by atoms with Crippen LogP contribution in [-0.2, 0) is 16.0 Å². The normalized spacial score (nSPS) is 18.3. The molecule has 1 aromatic heterocycles. The Hall–Kier alpha value is -2.65. The molecule has 0 fully saturated rings. The molecule has 1 aliphatic heterocycles. The topological polar surface area (TPSA) is 97.9 Å². The van der Waals surface area contributed by atoms with Crippen LogP contribution in [0.5, 0.6) is 0 Å². The first-order chi connectivity index (χ1) is 13.8. The maximum Gasteiger partial charge on any atom is 0.315 e. The third kappa shape index (κ3) is 4.35. The summed E-state index contributed by atoms with van der Waals surface area (Å²) in [6, 6.07) is 6.45.